The Morgan fingerprint density at radius 1 is 1.19 bits per heavy atom. The minimum absolute atomic E-state index is 0.113. The van der Waals surface area contributed by atoms with E-state index in [-0.39, 0.29) is 11.9 Å². The molecule has 1 fully saturated rings. The van der Waals surface area contributed by atoms with E-state index in [1.54, 1.807) is 29.2 Å². The first-order valence-corrected chi connectivity index (χ1v) is 9.14. The van der Waals surface area contributed by atoms with Crippen molar-refractivity contribution >= 4 is 23.3 Å². The number of amides is 3. The highest BCUT2D eigenvalue weighted by Gasteiger charge is 2.39. The van der Waals surface area contributed by atoms with Gasteiger partial charge in [0.25, 0.3) is 0 Å². The lowest BCUT2D eigenvalue weighted by Crippen LogP contribution is -2.48. The summed E-state index contributed by atoms with van der Waals surface area (Å²) in [6, 6.07) is 7.00. The van der Waals surface area contributed by atoms with Crippen LogP contribution in [0.15, 0.2) is 34.5 Å². The molecule has 0 bridgehead atoms. The van der Waals surface area contributed by atoms with Crippen LogP contribution < -0.4 is 16.0 Å². The predicted molar refractivity (Wildman–Crippen MR) is 103 cm³/mol. The molecule has 3 amide bonds. The predicted octanol–water partition coefficient (Wildman–Crippen LogP) is 2.42. The van der Waals surface area contributed by atoms with Gasteiger partial charge in [0.15, 0.2) is 5.66 Å². The maximum Gasteiger partial charge on any atom is 0.321 e. The van der Waals surface area contributed by atoms with Crippen LogP contribution in [0.2, 0.25) is 0 Å². The zero-order chi connectivity index (χ0) is 19.1. The zero-order valence-electron chi connectivity index (χ0n) is 15.2. The summed E-state index contributed by atoms with van der Waals surface area (Å²) in [5, 5.41) is 17.0. The van der Waals surface area contributed by atoms with E-state index in [9.17, 15) is 9.59 Å². The molecule has 8 heteroatoms. The first kappa shape index (κ1) is 18.9. The molecule has 142 valence electrons. The highest BCUT2D eigenvalue weighted by molar-refractivity contribution is 5.93. The average molecular weight is 368 g/mol. The second-order valence-corrected chi connectivity index (χ2v) is 6.68. The van der Waals surface area contributed by atoms with E-state index in [2.05, 4.69) is 32.1 Å². The van der Waals surface area contributed by atoms with Gasteiger partial charge in [0.05, 0.1) is 0 Å². The van der Waals surface area contributed by atoms with Gasteiger partial charge < -0.3 is 20.9 Å². The molecule has 0 spiro atoms. The fraction of sp³-hybridized carbons (Fsp3) is 0.474. The SMILES string of the molecule is C#CCCC1(CCC(=O)Nc2cccc(NC(=O)N3CCNCC3)c2)N=N1. The van der Waals surface area contributed by atoms with Crippen molar-refractivity contribution in [3.63, 3.8) is 0 Å². The van der Waals surface area contributed by atoms with Gasteiger partial charge in [-0.1, -0.05) is 6.07 Å². The van der Waals surface area contributed by atoms with Gasteiger partial charge in [-0.3, -0.25) is 4.79 Å². The van der Waals surface area contributed by atoms with Gasteiger partial charge in [0.2, 0.25) is 5.91 Å². The van der Waals surface area contributed by atoms with E-state index in [1.807, 2.05) is 0 Å². The highest BCUT2D eigenvalue weighted by Crippen LogP contribution is 2.37. The lowest BCUT2D eigenvalue weighted by atomic mass is 10.0. The fourth-order valence-electron chi connectivity index (χ4n) is 2.95. The first-order valence-electron chi connectivity index (χ1n) is 9.14. The average Bonchev–Trinajstić information content (AvgIpc) is 3.46. The molecular formula is C19H24N6O2. The molecule has 0 saturated carbocycles. The summed E-state index contributed by atoms with van der Waals surface area (Å²) in [5.41, 5.74) is 0.831. The Morgan fingerprint density at radius 3 is 2.56 bits per heavy atom. The molecule has 1 aromatic carbocycles. The number of carbonyl (C=O) groups is 2. The molecule has 0 unspecified atom stereocenters. The van der Waals surface area contributed by atoms with Crippen molar-refractivity contribution in [1.29, 1.82) is 0 Å². The second kappa shape index (κ2) is 8.64. The molecule has 0 atom stereocenters. The van der Waals surface area contributed by atoms with Gasteiger partial charge in [-0.05, 0) is 18.2 Å². The van der Waals surface area contributed by atoms with Crippen LogP contribution in [0.1, 0.15) is 25.7 Å². The molecule has 0 aliphatic carbocycles. The lowest BCUT2D eigenvalue weighted by Gasteiger charge is -2.27. The molecule has 2 aliphatic rings. The number of piperazine rings is 1. The number of terminal acetylenes is 1. The van der Waals surface area contributed by atoms with Crippen LogP contribution in [0.5, 0.6) is 0 Å². The molecule has 27 heavy (non-hydrogen) atoms. The van der Waals surface area contributed by atoms with E-state index in [1.165, 1.54) is 0 Å². The minimum atomic E-state index is -0.456. The number of carbonyl (C=O) groups excluding carboxylic acids is 2. The molecule has 0 aromatic heterocycles. The van der Waals surface area contributed by atoms with E-state index in [0.29, 0.717) is 50.1 Å². The summed E-state index contributed by atoms with van der Waals surface area (Å²) in [6.45, 7) is 2.95. The smallest absolute Gasteiger partial charge is 0.321 e. The molecule has 1 saturated heterocycles. The highest BCUT2D eigenvalue weighted by atomic mass is 16.2. The standard InChI is InChI=1S/C19H24N6O2/c1-2-3-8-19(23-24-19)9-7-17(26)21-15-5-4-6-16(14-15)22-18(27)25-12-10-20-11-13-25/h1,4-6,14,20H,3,7-13H2,(H,21,26)(H,22,27). The number of rotatable bonds is 7. The Kier molecular flexibility index (Phi) is 6.04. The summed E-state index contributed by atoms with van der Waals surface area (Å²) in [7, 11) is 0. The van der Waals surface area contributed by atoms with Crippen molar-refractivity contribution in [2.24, 2.45) is 10.2 Å². The van der Waals surface area contributed by atoms with Crippen LogP contribution in [0, 0.1) is 12.3 Å². The molecular weight excluding hydrogens is 344 g/mol. The number of hydrogen-bond donors (Lipinski definition) is 3. The minimum Gasteiger partial charge on any atom is -0.326 e. The van der Waals surface area contributed by atoms with Crippen molar-refractivity contribution in [2.45, 2.75) is 31.3 Å². The summed E-state index contributed by atoms with van der Waals surface area (Å²) in [4.78, 5) is 26.2. The summed E-state index contributed by atoms with van der Waals surface area (Å²) >= 11 is 0. The van der Waals surface area contributed by atoms with E-state index in [4.69, 9.17) is 6.42 Å². The fourth-order valence-corrected chi connectivity index (χ4v) is 2.95. The maximum absolute atomic E-state index is 12.3. The van der Waals surface area contributed by atoms with Gasteiger partial charge in [-0.25, -0.2) is 4.79 Å². The summed E-state index contributed by atoms with van der Waals surface area (Å²) < 4.78 is 0. The third-order valence-corrected chi connectivity index (χ3v) is 4.61. The van der Waals surface area contributed by atoms with Gasteiger partial charge in [-0.2, -0.15) is 10.2 Å². The normalized spacial score (nSPS) is 17.1. The number of urea groups is 1. The summed E-state index contributed by atoms with van der Waals surface area (Å²) in [5.74, 6) is 2.46. The van der Waals surface area contributed by atoms with Crippen molar-refractivity contribution in [2.75, 3.05) is 36.8 Å². The Bertz CT molecular complexity index is 758. The zero-order valence-corrected chi connectivity index (χ0v) is 15.2. The maximum atomic E-state index is 12.3. The Balaban J connectivity index is 1.47. The topological polar surface area (TPSA) is 98.2 Å². The largest absolute Gasteiger partial charge is 0.326 e. The van der Waals surface area contributed by atoms with E-state index >= 15 is 0 Å². The molecule has 3 rings (SSSR count). The first-order chi connectivity index (χ1) is 13.1. The lowest BCUT2D eigenvalue weighted by molar-refractivity contribution is -0.116. The summed E-state index contributed by atoms with van der Waals surface area (Å²) in [6.07, 6.45) is 7.42. The van der Waals surface area contributed by atoms with Crippen LogP contribution >= 0.6 is 0 Å². The van der Waals surface area contributed by atoms with Crippen LogP contribution in [0.25, 0.3) is 0 Å². The van der Waals surface area contributed by atoms with Gasteiger partial charge >= 0.3 is 6.03 Å². The molecule has 3 N–H and O–H groups in total. The molecule has 1 aromatic rings. The number of anilines is 2. The molecule has 2 heterocycles. The van der Waals surface area contributed by atoms with Crippen LogP contribution in [-0.2, 0) is 4.79 Å². The number of benzene rings is 1. The van der Waals surface area contributed by atoms with Gasteiger partial charge in [-0.15, -0.1) is 12.3 Å². The van der Waals surface area contributed by atoms with Crippen LogP contribution in [0.4, 0.5) is 16.2 Å². The molecule has 8 nitrogen and oxygen atoms in total. The van der Waals surface area contributed by atoms with Gasteiger partial charge in [0, 0.05) is 63.2 Å². The Morgan fingerprint density at radius 2 is 1.89 bits per heavy atom. The molecule has 0 radical (unpaired) electrons. The van der Waals surface area contributed by atoms with Crippen molar-refractivity contribution < 1.29 is 9.59 Å². The Labute approximate surface area is 158 Å². The third kappa shape index (κ3) is 5.53. The van der Waals surface area contributed by atoms with Crippen LogP contribution in [-0.4, -0.2) is 48.7 Å². The van der Waals surface area contributed by atoms with Crippen LogP contribution in [0.3, 0.4) is 0 Å². The van der Waals surface area contributed by atoms with Crippen molar-refractivity contribution in [1.82, 2.24) is 10.2 Å². The molecule has 2 aliphatic heterocycles. The number of nitrogens with zero attached hydrogens (tertiary/aromatic N) is 3. The van der Waals surface area contributed by atoms with Gasteiger partial charge in [0.1, 0.15) is 0 Å². The van der Waals surface area contributed by atoms with Crippen molar-refractivity contribution in [3.8, 4) is 12.3 Å². The van der Waals surface area contributed by atoms with E-state index < -0.39 is 5.66 Å². The van der Waals surface area contributed by atoms with E-state index in [0.717, 1.165) is 13.1 Å². The monoisotopic (exact) mass is 368 g/mol. The number of nitrogens with one attached hydrogen (secondary N) is 3. The quantitative estimate of drug-likeness (QED) is 0.645. The number of hydrogen-bond acceptors (Lipinski definition) is 5. The second-order valence-electron chi connectivity index (χ2n) is 6.68. The van der Waals surface area contributed by atoms with Crippen molar-refractivity contribution in [3.05, 3.63) is 24.3 Å². The Hall–Kier alpha value is -2.92. The third-order valence-electron chi connectivity index (χ3n) is 4.61.